The molecular formula is C18H12N2O4S2. The number of hydrogen-bond donors (Lipinski definition) is 0. The van der Waals surface area contributed by atoms with Crippen LogP contribution in [0.15, 0.2) is 46.7 Å². The fourth-order valence-corrected chi connectivity index (χ4v) is 4.43. The van der Waals surface area contributed by atoms with Crippen molar-refractivity contribution in [3.63, 3.8) is 0 Å². The fourth-order valence-electron chi connectivity index (χ4n) is 2.84. The molecule has 1 aromatic heterocycles. The van der Waals surface area contributed by atoms with Gasteiger partial charge in [-0.2, -0.15) is 0 Å². The number of benzene rings is 1. The number of thioether (sulfide) groups is 1. The summed E-state index contributed by atoms with van der Waals surface area (Å²) >= 11 is 2.34. The molecule has 8 heteroatoms. The van der Waals surface area contributed by atoms with Crippen LogP contribution in [0.2, 0.25) is 0 Å². The largest absolute Gasteiger partial charge is 0.293 e. The zero-order valence-electron chi connectivity index (χ0n) is 13.4. The predicted octanol–water partition coefficient (Wildman–Crippen LogP) is 3.08. The Morgan fingerprint density at radius 2 is 1.46 bits per heavy atom. The van der Waals surface area contributed by atoms with Crippen LogP contribution in [0, 0.1) is 0 Å². The van der Waals surface area contributed by atoms with Crippen molar-refractivity contribution in [1.29, 1.82) is 0 Å². The van der Waals surface area contributed by atoms with Crippen molar-refractivity contribution in [1.82, 2.24) is 9.80 Å². The molecule has 1 saturated heterocycles. The third-order valence-electron chi connectivity index (χ3n) is 4.12. The van der Waals surface area contributed by atoms with Crippen LogP contribution in [-0.4, -0.2) is 45.9 Å². The van der Waals surface area contributed by atoms with Gasteiger partial charge in [-0.05, 0) is 41.4 Å². The van der Waals surface area contributed by atoms with Crippen LogP contribution in [0.1, 0.15) is 25.6 Å². The van der Waals surface area contributed by atoms with Gasteiger partial charge in [0.25, 0.3) is 23.0 Å². The second-order valence-electron chi connectivity index (χ2n) is 5.66. The lowest BCUT2D eigenvalue weighted by molar-refractivity contribution is -0.122. The number of imide groups is 2. The molecule has 2 aliphatic rings. The van der Waals surface area contributed by atoms with E-state index >= 15 is 0 Å². The zero-order chi connectivity index (χ0) is 18.3. The number of nitrogens with zero attached hydrogens (tertiary/aromatic N) is 2. The molecule has 0 bridgehead atoms. The molecule has 1 aromatic carbocycles. The number of fused-ring (bicyclic) bond motifs is 1. The Bertz CT molecular complexity index is 930. The average Bonchev–Trinajstić information content (AvgIpc) is 3.30. The van der Waals surface area contributed by atoms with E-state index in [4.69, 9.17) is 0 Å². The molecule has 26 heavy (non-hydrogen) atoms. The van der Waals surface area contributed by atoms with Gasteiger partial charge in [-0.25, -0.2) is 0 Å². The van der Waals surface area contributed by atoms with Crippen LogP contribution in [0.5, 0.6) is 0 Å². The van der Waals surface area contributed by atoms with Crippen molar-refractivity contribution in [2.75, 3.05) is 13.1 Å². The van der Waals surface area contributed by atoms with Crippen molar-refractivity contribution in [2.24, 2.45) is 0 Å². The van der Waals surface area contributed by atoms with Gasteiger partial charge >= 0.3 is 0 Å². The van der Waals surface area contributed by atoms with Crippen LogP contribution in [-0.2, 0) is 4.79 Å². The van der Waals surface area contributed by atoms with E-state index in [-0.39, 0.29) is 13.1 Å². The number of rotatable bonds is 4. The molecule has 0 atom stereocenters. The lowest BCUT2D eigenvalue weighted by atomic mass is 10.1. The van der Waals surface area contributed by atoms with Crippen LogP contribution >= 0.6 is 23.1 Å². The first-order chi connectivity index (χ1) is 12.6. The van der Waals surface area contributed by atoms with E-state index in [0.29, 0.717) is 16.0 Å². The van der Waals surface area contributed by atoms with Gasteiger partial charge in [-0.1, -0.05) is 18.2 Å². The maximum absolute atomic E-state index is 12.5. The molecular weight excluding hydrogens is 372 g/mol. The van der Waals surface area contributed by atoms with E-state index in [1.807, 2.05) is 17.5 Å². The van der Waals surface area contributed by atoms with E-state index in [1.54, 1.807) is 30.3 Å². The summed E-state index contributed by atoms with van der Waals surface area (Å²) in [5, 5.41) is 1.49. The minimum Gasteiger partial charge on any atom is -0.273 e. The third kappa shape index (κ3) is 2.77. The van der Waals surface area contributed by atoms with E-state index in [1.165, 1.54) is 11.3 Å². The Kier molecular flexibility index (Phi) is 4.21. The highest BCUT2D eigenvalue weighted by Gasteiger charge is 2.38. The zero-order valence-corrected chi connectivity index (χ0v) is 15.0. The van der Waals surface area contributed by atoms with Crippen LogP contribution < -0.4 is 0 Å². The second-order valence-corrected chi connectivity index (χ2v) is 7.63. The van der Waals surface area contributed by atoms with Gasteiger partial charge in [0.1, 0.15) is 0 Å². The maximum Gasteiger partial charge on any atom is 0.293 e. The number of amides is 4. The molecule has 0 saturated carbocycles. The second kappa shape index (κ2) is 6.54. The molecule has 0 spiro atoms. The summed E-state index contributed by atoms with van der Waals surface area (Å²) in [7, 11) is 0. The fraction of sp³-hybridized carbons (Fsp3) is 0.111. The van der Waals surface area contributed by atoms with E-state index in [0.717, 1.165) is 26.4 Å². The molecule has 0 unspecified atom stereocenters. The van der Waals surface area contributed by atoms with Crippen LogP contribution in [0.4, 0.5) is 4.79 Å². The summed E-state index contributed by atoms with van der Waals surface area (Å²) < 4.78 is 0. The lowest BCUT2D eigenvalue weighted by Crippen LogP contribution is -2.40. The highest BCUT2D eigenvalue weighted by Crippen LogP contribution is 2.33. The summed E-state index contributed by atoms with van der Waals surface area (Å²) in [5.41, 5.74) is 0.702. The van der Waals surface area contributed by atoms with Gasteiger partial charge in [0.15, 0.2) is 0 Å². The monoisotopic (exact) mass is 384 g/mol. The normalized spacial score (nSPS) is 18.4. The molecule has 0 N–H and O–H groups in total. The molecule has 0 radical (unpaired) electrons. The first kappa shape index (κ1) is 16.7. The number of carbonyl (C=O) groups is 4. The summed E-state index contributed by atoms with van der Waals surface area (Å²) in [6.07, 6.45) is 1.68. The van der Waals surface area contributed by atoms with E-state index in [2.05, 4.69) is 0 Å². The van der Waals surface area contributed by atoms with Crippen molar-refractivity contribution >= 4 is 52.1 Å². The molecule has 1 fully saturated rings. The smallest absolute Gasteiger partial charge is 0.273 e. The van der Waals surface area contributed by atoms with Gasteiger partial charge in [-0.3, -0.25) is 29.0 Å². The minimum absolute atomic E-state index is 0.0160. The maximum atomic E-state index is 12.5. The van der Waals surface area contributed by atoms with Gasteiger partial charge in [-0.15, -0.1) is 11.3 Å². The number of carbonyl (C=O) groups excluding carboxylic acids is 4. The van der Waals surface area contributed by atoms with E-state index in [9.17, 15) is 19.2 Å². The predicted molar refractivity (Wildman–Crippen MR) is 98.8 cm³/mol. The molecule has 4 rings (SSSR count). The minimum atomic E-state index is -0.398. The standard InChI is InChI=1S/C18H12N2O4S2/c21-15-12-5-1-2-6-13(12)16(22)19(15)7-8-20-17(23)14(26-18(20)24)10-11-4-3-9-25-11/h1-6,9-10H,7-8H2/b14-10-. The van der Waals surface area contributed by atoms with Gasteiger partial charge < -0.3 is 0 Å². The average molecular weight is 384 g/mol. The van der Waals surface area contributed by atoms with Crippen molar-refractivity contribution in [3.8, 4) is 0 Å². The van der Waals surface area contributed by atoms with Gasteiger partial charge in [0.2, 0.25) is 0 Å². The third-order valence-corrected chi connectivity index (χ3v) is 5.84. The molecule has 0 aliphatic carbocycles. The highest BCUT2D eigenvalue weighted by molar-refractivity contribution is 8.18. The first-order valence-electron chi connectivity index (χ1n) is 7.80. The van der Waals surface area contributed by atoms with Gasteiger partial charge in [0.05, 0.1) is 16.0 Å². The van der Waals surface area contributed by atoms with Crippen molar-refractivity contribution < 1.29 is 19.2 Å². The first-order valence-corrected chi connectivity index (χ1v) is 9.50. The lowest BCUT2D eigenvalue weighted by Gasteiger charge is -2.18. The summed E-state index contributed by atoms with van der Waals surface area (Å²) in [6, 6.07) is 10.3. The topological polar surface area (TPSA) is 74.8 Å². The van der Waals surface area contributed by atoms with Crippen molar-refractivity contribution in [2.45, 2.75) is 0 Å². The molecule has 6 nitrogen and oxygen atoms in total. The summed E-state index contributed by atoms with van der Waals surface area (Å²) in [5.74, 6) is -1.19. The molecule has 4 amide bonds. The molecule has 2 aromatic rings. The van der Waals surface area contributed by atoms with E-state index < -0.39 is 23.0 Å². The summed E-state index contributed by atoms with van der Waals surface area (Å²) in [6.45, 7) is -0.0332. The summed E-state index contributed by atoms with van der Waals surface area (Å²) in [4.78, 5) is 52.7. The number of thiophene rings is 1. The van der Waals surface area contributed by atoms with Crippen LogP contribution in [0.25, 0.3) is 6.08 Å². The Morgan fingerprint density at radius 1 is 0.808 bits per heavy atom. The van der Waals surface area contributed by atoms with Gasteiger partial charge in [0, 0.05) is 18.0 Å². The Morgan fingerprint density at radius 3 is 2.08 bits per heavy atom. The Balaban J connectivity index is 1.47. The molecule has 2 aliphatic heterocycles. The highest BCUT2D eigenvalue weighted by atomic mass is 32.2. The Hall–Kier alpha value is -2.71. The van der Waals surface area contributed by atoms with Crippen LogP contribution in [0.3, 0.4) is 0 Å². The molecule has 3 heterocycles. The quantitative estimate of drug-likeness (QED) is 0.598. The Labute approximate surface area is 157 Å². The SMILES string of the molecule is O=C1S/C(=C\c2cccs2)C(=O)N1CCN1C(=O)c2ccccc2C1=O. The van der Waals surface area contributed by atoms with Crippen molar-refractivity contribution in [3.05, 3.63) is 62.7 Å². The molecule has 130 valence electrons. The number of hydrogen-bond acceptors (Lipinski definition) is 6.